The molecule has 8 nitrogen and oxygen atoms in total. The topological polar surface area (TPSA) is 99.8 Å². The van der Waals surface area contributed by atoms with Crippen LogP contribution in [0.4, 0.5) is 4.79 Å². The molecule has 0 aliphatic heterocycles. The third-order valence-corrected chi connectivity index (χ3v) is 7.59. The van der Waals surface area contributed by atoms with Crippen LogP contribution < -0.4 is 4.74 Å². The lowest BCUT2D eigenvalue weighted by Gasteiger charge is -2.19. The van der Waals surface area contributed by atoms with Gasteiger partial charge in [-0.05, 0) is 68.2 Å². The van der Waals surface area contributed by atoms with E-state index in [-0.39, 0.29) is 12.3 Å². The first-order valence-corrected chi connectivity index (χ1v) is 15.6. The normalized spacial score (nSPS) is 13.3. The first-order chi connectivity index (χ1) is 22.1. The molecule has 0 radical (unpaired) electrons. The molecule has 0 atom stereocenters. The SMILES string of the molecule is CCCCc1nc2c(n1Cc1ccc(-c3ccccc3OC(=O)OC(C)(C)C)cc1)CC(=NC(=O)c1ccccc1CC=O)C=C2. The fourth-order valence-electron chi connectivity index (χ4n) is 5.39. The Morgan fingerprint density at radius 3 is 2.46 bits per heavy atom. The fourth-order valence-corrected chi connectivity index (χ4v) is 5.39. The molecule has 0 fully saturated rings. The quantitative estimate of drug-likeness (QED) is 0.102. The van der Waals surface area contributed by atoms with E-state index in [9.17, 15) is 14.4 Å². The number of ether oxygens (including phenoxy) is 2. The van der Waals surface area contributed by atoms with Crippen LogP contribution in [0.5, 0.6) is 5.75 Å². The van der Waals surface area contributed by atoms with Gasteiger partial charge < -0.3 is 18.8 Å². The van der Waals surface area contributed by atoms with E-state index in [1.165, 1.54) is 0 Å². The molecule has 8 heteroatoms. The van der Waals surface area contributed by atoms with E-state index in [1.54, 1.807) is 45.0 Å². The Kier molecular flexibility index (Phi) is 10.1. The highest BCUT2D eigenvalue weighted by Gasteiger charge is 2.22. The summed E-state index contributed by atoms with van der Waals surface area (Å²) in [6.07, 6.45) is 7.38. The second-order valence-electron chi connectivity index (χ2n) is 12.3. The Hall–Kier alpha value is -5.11. The lowest BCUT2D eigenvalue weighted by molar-refractivity contribution is -0.107. The number of para-hydroxylation sites is 1. The number of aldehydes is 1. The maximum absolute atomic E-state index is 13.1. The van der Waals surface area contributed by atoms with Crippen LogP contribution in [-0.4, -0.2) is 39.2 Å². The number of aromatic nitrogens is 2. The van der Waals surface area contributed by atoms with Crippen molar-refractivity contribution in [2.24, 2.45) is 4.99 Å². The molecule has 0 N–H and O–H groups in total. The number of hydrogen-bond donors (Lipinski definition) is 0. The summed E-state index contributed by atoms with van der Waals surface area (Å²) in [5.41, 5.74) is 5.79. The maximum Gasteiger partial charge on any atom is 0.514 e. The van der Waals surface area contributed by atoms with Crippen LogP contribution in [0, 0.1) is 0 Å². The van der Waals surface area contributed by atoms with Crippen LogP contribution in [0.2, 0.25) is 0 Å². The van der Waals surface area contributed by atoms with Gasteiger partial charge in [0.15, 0.2) is 0 Å². The lowest BCUT2D eigenvalue weighted by Crippen LogP contribution is -2.26. The van der Waals surface area contributed by atoms with Gasteiger partial charge in [-0.3, -0.25) is 4.79 Å². The zero-order valence-corrected chi connectivity index (χ0v) is 26.8. The maximum atomic E-state index is 13.1. The minimum Gasteiger partial charge on any atom is -0.428 e. The van der Waals surface area contributed by atoms with E-state index in [4.69, 9.17) is 14.5 Å². The minimum atomic E-state index is -0.745. The predicted molar refractivity (Wildman–Crippen MR) is 179 cm³/mol. The Morgan fingerprint density at radius 2 is 1.72 bits per heavy atom. The second kappa shape index (κ2) is 14.3. The van der Waals surface area contributed by atoms with Gasteiger partial charge in [-0.2, -0.15) is 0 Å². The standard InChI is InChI=1S/C38H39N3O5/c1-5-6-15-35-40-32-21-20-29(39-36(43)31-13-8-7-11-27(31)22-23-42)24-33(32)41(35)25-26-16-18-28(19-17-26)30-12-9-10-14-34(30)45-37(44)46-38(2,3)4/h7-14,16-21,23H,5-6,15,22,24-25H2,1-4H3. The highest BCUT2D eigenvalue weighted by molar-refractivity contribution is 6.11. The summed E-state index contributed by atoms with van der Waals surface area (Å²) in [5, 5.41) is 0. The van der Waals surface area contributed by atoms with Crippen molar-refractivity contribution in [1.29, 1.82) is 0 Å². The number of unbranched alkanes of at least 4 members (excludes halogenated alkanes) is 1. The molecule has 0 spiro atoms. The average molecular weight is 618 g/mol. The summed E-state index contributed by atoms with van der Waals surface area (Å²) in [6.45, 7) is 8.16. The summed E-state index contributed by atoms with van der Waals surface area (Å²) in [6, 6.07) is 22.6. The van der Waals surface area contributed by atoms with Crippen LogP contribution in [-0.2, 0) is 35.3 Å². The lowest BCUT2D eigenvalue weighted by atomic mass is 10.0. The van der Waals surface area contributed by atoms with Gasteiger partial charge in [0.25, 0.3) is 5.91 Å². The molecule has 1 aromatic heterocycles. The third-order valence-electron chi connectivity index (χ3n) is 7.59. The molecular formula is C38H39N3O5. The third kappa shape index (κ3) is 7.93. The summed E-state index contributed by atoms with van der Waals surface area (Å²) in [4.78, 5) is 46.1. The fraction of sp³-hybridized carbons (Fsp3) is 0.289. The van der Waals surface area contributed by atoms with Gasteiger partial charge in [0, 0.05) is 36.9 Å². The first-order valence-electron chi connectivity index (χ1n) is 15.6. The van der Waals surface area contributed by atoms with Crippen molar-refractivity contribution in [2.45, 2.75) is 71.9 Å². The summed E-state index contributed by atoms with van der Waals surface area (Å²) in [7, 11) is 0. The number of fused-ring (bicyclic) bond motifs is 1. The van der Waals surface area contributed by atoms with E-state index >= 15 is 0 Å². The Balaban J connectivity index is 1.39. The van der Waals surface area contributed by atoms with Gasteiger partial charge in [-0.15, -0.1) is 0 Å². The molecule has 0 bridgehead atoms. The minimum absolute atomic E-state index is 0.168. The van der Waals surface area contributed by atoms with Crippen molar-refractivity contribution in [3.8, 4) is 16.9 Å². The number of aryl methyl sites for hydroxylation is 1. The van der Waals surface area contributed by atoms with Gasteiger partial charge in [0.2, 0.25) is 0 Å². The number of carbonyl (C=O) groups is 3. The summed E-state index contributed by atoms with van der Waals surface area (Å²) in [5.74, 6) is 1.07. The number of benzene rings is 3. The van der Waals surface area contributed by atoms with Gasteiger partial charge in [0.05, 0.1) is 17.1 Å². The molecule has 0 saturated carbocycles. The van der Waals surface area contributed by atoms with Gasteiger partial charge in [-0.1, -0.05) is 74.0 Å². The van der Waals surface area contributed by atoms with E-state index in [1.807, 2.05) is 48.6 Å². The number of imidazole rings is 1. The molecule has 3 aromatic carbocycles. The summed E-state index contributed by atoms with van der Waals surface area (Å²) >= 11 is 0. The van der Waals surface area contributed by atoms with Crippen molar-refractivity contribution in [3.05, 3.63) is 113 Å². The van der Waals surface area contributed by atoms with Crippen LogP contribution in [0.3, 0.4) is 0 Å². The monoisotopic (exact) mass is 617 g/mol. The van der Waals surface area contributed by atoms with Crippen LogP contribution >= 0.6 is 0 Å². The highest BCUT2D eigenvalue weighted by Crippen LogP contribution is 2.31. The molecule has 0 unspecified atom stereocenters. The molecular weight excluding hydrogens is 578 g/mol. The van der Waals surface area contributed by atoms with Crippen molar-refractivity contribution in [2.75, 3.05) is 0 Å². The first kappa shape index (κ1) is 32.3. The largest absolute Gasteiger partial charge is 0.514 e. The molecule has 1 amide bonds. The number of hydrogen-bond acceptors (Lipinski definition) is 6. The Labute approximate surface area is 269 Å². The predicted octanol–water partition coefficient (Wildman–Crippen LogP) is 7.85. The molecule has 4 aromatic rings. The van der Waals surface area contributed by atoms with Crippen molar-refractivity contribution in [1.82, 2.24) is 9.55 Å². The van der Waals surface area contributed by atoms with Gasteiger partial charge >= 0.3 is 6.16 Å². The number of allylic oxidation sites excluding steroid dienone is 1. The number of nitrogens with zero attached hydrogens (tertiary/aromatic N) is 3. The Bertz CT molecular complexity index is 1790. The van der Waals surface area contributed by atoms with Crippen LogP contribution in [0.1, 0.15) is 79.2 Å². The molecule has 46 heavy (non-hydrogen) atoms. The van der Waals surface area contributed by atoms with E-state index in [0.29, 0.717) is 35.6 Å². The van der Waals surface area contributed by atoms with Crippen molar-refractivity contribution < 1.29 is 23.9 Å². The molecule has 5 rings (SSSR count). The molecule has 0 saturated heterocycles. The molecule has 236 valence electrons. The Morgan fingerprint density at radius 1 is 0.978 bits per heavy atom. The number of rotatable bonds is 10. The van der Waals surface area contributed by atoms with E-state index in [0.717, 1.165) is 59.5 Å². The van der Waals surface area contributed by atoms with Crippen molar-refractivity contribution >= 4 is 30.1 Å². The van der Waals surface area contributed by atoms with Crippen molar-refractivity contribution in [3.63, 3.8) is 0 Å². The van der Waals surface area contributed by atoms with Crippen LogP contribution in [0.25, 0.3) is 17.2 Å². The summed E-state index contributed by atoms with van der Waals surface area (Å²) < 4.78 is 13.1. The molecule has 1 aliphatic rings. The number of carbonyl (C=O) groups excluding carboxylic acids is 3. The van der Waals surface area contributed by atoms with E-state index in [2.05, 4.69) is 28.6 Å². The van der Waals surface area contributed by atoms with Gasteiger partial charge in [0.1, 0.15) is 23.5 Å². The average Bonchev–Trinajstić information content (AvgIpc) is 3.36. The smallest absolute Gasteiger partial charge is 0.428 e. The number of amides is 1. The zero-order valence-electron chi connectivity index (χ0n) is 26.8. The molecule has 1 aliphatic carbocycles. The number of aliphatic imine (C=N–C) groups is 1. The zero-order chi connectivity index (χ0) is 32.7. The molecule has 1 heterocycles. The highest BCUT2D eigenvalue weighted by atomic mass is 16.7. The van der Waals surface area contributed by atoms with Gasteiger partial charge in [-0.25, -0.2) is 14.8 Å². The van der Waals surface area contributed by atoms with Crippen LogP contribution in [0.15, 0.2) is 83.9 Å². The van der Waals surface area contributed by atoms with E-state index < -0.39 is 11.8 Å². The second-order valence-corrected chi connectivity index (χ2v) is 12.3.